The maximum absolute atomic E-state index is 11.8. The lowest BCUT2D eigenvalue weighted by atomic mass is 10.1. The molecule has 0 saturated carbocycles. The van der Waals surface area contributed by atoms with Crippen LogP contribution in [-0.4, -0.2) is 5.91 Å². The van der Waals surface area contributed by atoms with Gasteiger partial charge in [-0.2, -0.15) is 0 Å². The number of carbonyl (C=O) groups is 1. The second-order valence-electron chi connectivity index (χ2n) is 5.04. The van der Waals surface area contributed by atoms with Crippen LogP contribution >= 0.6 is 11.6 Å². The molecular weight excluding hydrogens is 282 g/mol. The number of nitrogens with one attached hydrogen (secondary N) is 1. The molecule has 2 nitrogen and oxygen atoms in total. The summed E-state index contributed by atoms with van der Waals surface area (Å²) in [5, 5.41) is 3.54. The maximum atomic E-state index is 11.8. The van der Waals surface area contributed by atoms with Crippen molar-refractivity contribution in [3.05, 3.63) is 75.8 Å². The summed E-state index contributed by atoms with van der Waals surface area (Å²) in [6.07, 6.45) is 3.40. The van der Waals surface area contributed by atoms with Crippen LogP contribution in [0.5, 0.6) is 0 Å². The lowest BCUT2D eigenvalue weighted by Gasteiger charge is -2.04. The Hall–Kier alpha value is -2.06. The van der Waals surface area contributed by atoms with Crippen molar-refractivity contribution in [2.24, 2.45) is 0 Å². The summed E-state index contributed by atoms with van der Waals surface area (Å²) in [6, 6.07) is 13.6. The standard InChI is InChI=1S/C18H18ClNO/c1-13-3-6-16(14(2)11-13)7-10-18(21)20-12-15-4-8-17(19)9-5-15/h3-11H,12H2,1-2H3,(H,20,21)/b10-7+. The lowest BCUT2D eigenvalue weighted by Crippen LogP contribution is -2.20. The van der Waals surface area contributed by atoms with Crippen LogP contribution in [-0.2, 0) is 11.3 Å². The Kier molecular flexibility index (Phi) is 5.18. The highest BCUT2D eigenvalue weighted by Crippen LogP contribution is 2.12. The lowest BCUT2D eigenvalue weighted by molar-refractivity contribution is -0.116. The molecule has 2 rings (SSSR count). The summed E-state index contributed by atoms with van der Waals surface area (Å²) in [6.45, 7) is 4.59. The zero-order chi connectivity index (χ0) is 15.2. The number of hydrogen-bond acceptors (Lipinski definition) is 1. The van der Waals surface area contributed by atoms with Gasteiger partial charge in [0.15, 0.2) is 0 Å². The van der Waals surface area contributed by atoms with E-state index in [9.17, 15) is 4.79 Å². The van der Waals surface area contributed by atoms with Crippen LogP contribution in [0.25, 0.3) is 6.08 Å². The molecule has 0 aliphatic carbocycles. The molecule has 2 aromatic carbocycles. The topological polar surface area (TPSA) is 29.1 Å². The largest absolute Gasteiger partial charge is 0.348 e. The van der Waals surface area contributed by atoms with Crippen molar-refractivity contribution in [1.29, 1.82) is 0 Å². The first-order valence-corrected chi connectivity index (χ1v) is 7.20. The third-order valence-corrected chi connectivity index (χ3v) is 3.47. The SMILES string of the molecule is Cc1ccc(/C=C/C(=O)NCc2ccc(Cl)cc2)c(C)c1. The Balaban J connectivity index is 1.92. The summed E-state index contributed by atoms with van der Waals surface area (Å²) in [5.74, 6) is -0.107. The number of rotatable bonds is 4. The zero-order valence-corrected chi connectivity index (χ0v) is 12.9. The van der Waals surface area contributed by atoms with E-state index in [-0.39, 0.29) is 5.91 Å². The van der Waals surface area contributed by atoms with Crippen molar-refractivity contribution >= 4 is 23.6 Å². The zero-order valence-electron chi connectivity index (χ0n) is 12.2. The number of hydrogen-bond donors (Lipinski definition) is 1. The Morgan fingerprint density at radius 3 is 2.52 bits per heavy atom. The smallest absolute Gasteiger partial charge is 0.244 e. The molecule has 0 unspecified atom stereocenters. The van der Waals surface area contributed by atoms with Crippen LogP contribution < -0.4 is 5.32 Å². The van der Waals surface area contributed by atoms with Gasteiger partial charge >= 0.3 is 0 Å². The minimum absolute atomic E-state index is 0.107. The highest BCUT2D eigenvalue weighted by atomic mass is 35.5. The molecule has 0 atom stereocenters. The third kappa shape index (κ3) is 4.76. The first kappa shape index (κ1) is 15.3. The first-order chi connectivity index (χ1) is 10.0. The number of halogens is 1. The van der Waals surface area contributed by atoms with Crippen molar-refractivity contribution < 1.29 is 4.79 Å². The normalized spacial score (nSPS) is 10.8. The predicted molar refractivity (Wildman–Crippen MR) is 88.2 cm³/mol. The van der Waals surface area contributed by atoms with Crippen molar-refractivity contribution in [2.75, 3.05) is 0 Å². The van der Waals surface area contributed by atoms with Gasteiger partial charge in [-0.25, -0.2) is 0 Å². The van der Waals surface area contributed by atoms with E-state index in [1.165, 1.54) is 5.56 Å². The van der Waals surface area contributed by atoms with Crippen molar-refractivity contribution in [2.45, 2.75) is 20.4 Å². The minimum Gasteiger partial charge on any atom is -0.348 e. The molecule has 0 spiro atoms. The van der Waals surface area contributed by atoms with Gasteiger partial charge in [-0.3, -0.25) is 4.79 Å². The van der Waals surface area contributed by atoms with Gasteiger partial charge in [0.05, 0.1) is 0 Å². The maximum Gasteiger partial charge on any atom is 0.244 e. The average Bonchev–Trinajstić information content (AvgIpc) is 2.46. The fraction of sp³-hybridized carbons (Fsp3) is 0.167. The molecule has 0 fully saturated rings. The summed E-state index contributed by atoms with van der Waals surface area (Å²) in [4.78, 5) is 11.8. The second kappa shape index (κ2) is 7.09. The molecule has 0 aliphatic heterocycles. The molecule has 108 valence electrons. The van der Waals surface area contributed by atoms with Crippen molar-refractivity contribution in [1.82, 2.24) is 5.32 Å². The average molecular weight is 300 g/mol. The van der Waals surface area contributed by atoms with Crippen LogP contribution in [0.2, 0.25) is 5.02 Å². The molecule has 2 aromatic rings. The highest BCUT2D eigenvalue weighted by Gasteiger charge is 1.99. The van der Waals surface area contributed by atoms with Crippen LogP contribution in [0.15, 0.2) is 48.5 Å². The van der Waals surface area contributed by atoms with Crippen LogP contribution in [0.3, 0.4) is 0 Å². The summed E-state index contributed by atoms with van der Waals surface area (Å²) in [7, 11) is 0. The molecule has 0 heterocycles. The van der Waals surface area contributed by atoms with E-state index >= 15 is 0 Å². The van der Waals surface area contributed by atoms with E-state index in [2.05, 4.69) is 18.3 Å². The van der Waals surface area contributed by atoms with Gasteiger partial charge in [0.2, 0.25) is 5.91 Å². The Morgan fingerprint density at radius 1 is 1.14 bits per heavy atom. The Labute approximate surface area is 130 Å². The van der Waals surface area contributed by atoms with E-state index in [0.717, 1.165) is 16.7 Å². The first-order valence-electron chi connectivity index (χ1n) is 6.82. The van der Waals surface area contributed by atoms with Gasteiger partial charge in [-0.1, -0.05) is 47.5 Å². The van der Waals surface area contributed by atoms with Crippen LogP contribution in [0.1, 0.15) is 22.3 Å². The van der Waals surface area contributed by atoms with Gasteiger partial charge in [0, 0.05) is 17.6 Å². The Morgan fingerprint density at radius 2 is 1.86 bits per heavy atom. The Bertz CT molecular complexity index is 659. The summed E-state index contributed by atoms with van der Waals surface area (Å²) < 4.78 is 0. The number of carbonyl (C=O) groups excluding carboxylic acids is 1. The third-order valence-electron chi connectivity index (χ3n) is 3.22. The van der Waals surface area contributed by atoms with Gasteiger partial charge in [0.25, 0.3) is 0 Å². The van der Waals surface area contributed by atoms with E-state index in [1.54, 1.807) is 6.08 Å². The van der Waals surface area contributed by atoms with Crippen LogP contribution in [0.4, 0.5) is 0 Å². The van der Waals surface area contributed by atoms with E-state index in [1.807, 2.05) is 49.4 Å². The van der Waals surface area contributed by atoms with E-state index < -0.39 is 0 Å². The molecular formula is C18H18ClNO. The molecule has 0 aromatic heterocycles. The van der Waals surface area contributed by atoms with Crippen molar-refractivity contribution in [3.63, 3.8) is 0 Å². The molecule has 0 saturated heterocycles. The van der Waals surface area contributed by atoms with Crippen LogP contribution in [0, 0.1) is 13.8 Å². The molecule has 1 amide bonds. The van der Waals surface area contributed by atoms with Gasteiger partial charge in [-0.15, -0.1) is 0 Å². The fourth-order valence-electron chi connectivity index (χ4n) is 2.03. The highest BCUT2D eigenvalue weighted by molar-refractivity contribution is 6.30. The number of amides is 1. The monoisotopic (exact) mass is 299 g/mol. The summed E-state index contributed by atoms with van der Waals surface area (Å²) in [5.41, 5.74) is 4.46. The minimum atomic E-state index is -0.107. The molecule has 0 radical (unpaired) electrons. The van der Waals surface area contributed by atoms with Gasteiger partial charge in [0.1, 0.15) is 0 Å². The van der Waals surface area contributed by atoms with Crippen molar-refractivity contribution in [3.8, 4) is 0 Å². The van der Waals surface area contributed by atoms with Gasteiger partial charge < -0.3 is 5.32 Å². The quantitative estimate of drug-likeness (QED) is 0.839. The predicted octanol–water partition coefficient (Wildman–Crippen LogP) is 4.29. The molecule has 0 aliphatic rings. The molecule has 21 heavy (non-hydrogen) atoms. The van der Waals surface area contributed by atoms with E-state index in [0.29, 0.717) is 11.6 Å². The van der Waals surface area contributed by atoms with Gasteiger partial charge in [-0.05, 0) is 48.7 Å². The molecule has 1 N–H and O–H groups in total. The van der Waals surface area contributed by atoms with E-state index in [4.69, 9.17) is 11.6 Å². The summed E-state index contributed by atoms with van der Waals surface area (Å²) >= 11 is 5.82. The molecule has 3 heteroatoms. The number of benzene rings is 2. The fourth-order valence-corrected chi connectivity index (χ4v) is 2.15. The molecule has 0 bridgehead atoms. The number of aryl methyl sites for hydroxylation is 2. The second-order valence-corrected chi connectivity index (χ2v) is 5.47.